The van der Waals surface area contributed by atoms with Gasteiger partial charge in [-0.2, -0.15) is 0 Å². The van der Waals surface area contributed by atoms with Gasteiger partial charge in [-0.15, -0.1) is 0 Å². The van der Waals surface area contributed by atoms with Gasteiger partial charge in [0.25, 0.3) is 5.56 Å². The van der Waals surface area contributed by atoms with Crippen molar-refractivity contribution in [3.8, 4) is 0 Å². The lowest BCUT2D eigenvalue weighted by Crippen LogP contribution is -2.22. The molecule has 4 heteroatoms. The molecule has 2 aromatic heterocycles. The second-order valence-corrected chi connectivity index (χ2v) is 4.55. The Morgan fingerprint density at radius 3 is 2.72 bits per heavy atom. The quantitative estimate of drug-likeness (QED) is 0.874. The van der Waals surface area contributed by atoms with Crippen LogP contribution in [0.4, 0.5) is 5.69 Å². The molecule has 0 aromatic carbocycles. The van der Waals surface area contributed by atoms with Gasteiger partial charge < -0.3 is 10.3 Å². The second kappa shape index (κ2) is 4.64. The Kier molecular flexibility index (Phi) is 3.19. The fourth-order valence-corrected chi connectivity index (χ4v) is 1.89. The number of aryl methyl sites for hydroxylation is 2. The average Bonchev–Trinajstić information content (AvgIpc) is 2.35. The van der Waals surface area contributed by atoms with Crippen LogP contribution < -0.4 is 11.3 Å². The lowest BCUT2D eigenvalue weighted by molar-refractivity contribution is 0.728. The van der Waals surface area contributed by atoms with Crippen LogP contribution in [0.3, 0.4) is 0 Å². The van der Waals surface area contributed by atoms with E-state index in [0.29, 0.717) is 6.54 Å². The van der Waals surface area contributed by atoms with Gasteiger partial charge in [-0.3, -0.25) is 9.78 Å². The molecule has 2 heterocycles. The maximum Gasteiger partial charge on any atom is 0.253 e. The zero-order valence-corrected chi connectivity index (χ0v) is 10.9. The molecule has 0 aliphatic carbocycles. The Labute approximate surface area is 106 Å². The van der Waals surface area contributed by atoms with Crippen LogP contribution in [-0.2, 0) is 6.54 Å². The van der Waals surface area contributed by atoms with Crippen molar-refractivity contribution in [2.24, 2.45) is 0 Å². The number of rotatable bonds is 2. The number of aromatic nitrogens is 2. The molecule has 2 aromatic rings. The van der Waals surface area contributed by atoms with Crippen molar-refractivity contribution in [2.75, 3.05) is 5.73 Å². The first-order chi connectivity index (χ1) is 8.50. The van der Waals surface area contributed by atoms with Crippen LogP contribution in [0.1, 0.15) is 22.4 Å². The van der Waals surface area contributed by atoms with Crippen LogP contribution in [0.15, 0.2) is 29.3 Å². The van der Waals surface area contributed by atoms with Gasteiger partial charge in [0.2, 0.25) is 0 Å². The Balaban J connectivity index is 2.44. The number of hydrogen-bond acceptors (Lipinski definition) is 3. The van der Waals surface area contributed by atoms with Gasteiger partial charge in [0, 0.05) is 23.6 Å². The molecular weight excluding hydrogens is 226 g/mol. The lowest BCUT2D eigenvalue weighted by atomic mass is 10.1. The number of hydrogen-bond donors (Lipinski definition) is 1. The van der Waals surface area contributed by atoms with Crippen molar-refractivity contribution in [3.63, 3.8) is 0 Å². The van der Waals surface area contributed by atoms with Crippen LogP contribution in [0.25, 0.3) is 0 Å². The highest BCUT2D eigenvalue weighted by atomic mass is 16.1. The highest BCUT2D eigenvalue weighted by Crippen LogP contribution is 2.18. The summed E-state index contributed by atoms with van der Waals surface area (Å²) >= 11 is 0. The van der Waals surface area contributed by atoms with Gasteiger partial charge in [-0.05, 0) is 38.0 Å². The van der Waals surface area contributed by atoms with Crippen molar-refractivity contribution in [1.29, 1.82) is 0 Å². The molecule has 94 valence electrons. The van der Waals surface area contributed by atoms with E-state index >= 15 is 0 Å². The van der Waals surface area contributed by atoms with Crippen LogP contribution in [0.5, 0.6) is 0 Å². The Morgan fingerprint density at radius 1 is 1.28 bits per heavy atom. The maximum atomic E-state index is 11.9. The van der Waals surface area contributed by atoms with Crippen molar-refractivity contribution >= 4 is 5.69 Å². The SMILES string of the molecule is Cc1cnc(Cn2cccc(C)c2=O)c(C)c1N. The molecule has 0 bridgehead atoms. The Hall–Kier alpha value is -2.10. The third-order valence-electron chi connectivity index (χ3n) is 3.21. The summed E-state index contributed by atoms with van der Waals surface area (Å²) in [6, 6.07) is 3.67. The summed E-state index contributed by atoms with van der Waals surface area (Å²) in [5, 5.41) is 0. The number of nitrogens with two attached hydrogens (primary N) is 1. The number of nitrogen functional groups attached to an aromatic ring is 1. The molecule has 0 aliphatic rings. The Bertz CT molecular complexity index is 644. The summed E-state index contributed by atoms with van der Waals surface area (Å²) in [6.45, 7) is 6.13. The molecule has 0 unspecified atom stereocenters. The third kappa shape index (κ3) is 2.14. The van der Waals surface area contributed by atoms with Gasteiger partial charge in [-0.25, -0.2) is 0 Å². The van der Waals surface area contributed by atoms with Crippen molar-refractivity contribution in [2.45, 2.75) is 27.3 Å². The highest BCUT2D eigenvalue weighted by Gasteiger charge is 2.08. The summed E-state index contributed by atoms with van der Waals surface area (Å²) in [4.78, 5) is 16.3. The van der Waals surface area contributed by atoms with Gasteiger partial charge in [0.05, 0.1) is 12.2 Å². The normalized spacial score (nSPS) is 10.6. The summed E-state index contributed by atoms with van der Waals surface area (Å²) in [7, 11) is 0. The van der Waals surface area contributed by atoms with Gasteiger partial charge in [0.15, 0.2) is 0 Å². The average molecular weight is 243 g/mol. The molecule has 4 nitrogen and oxygen atoms in total. The van der Waals surface area contributed by atoms with Crippen LogP contribution in [0.2, 0.25) is 0 Å². The van der Waals surface area contributed by atoms with E-state index in [-0.39, 0.29) is 5.56 Å². The Morgan fingerprint density at radius 2 is 2.00 bits per heavy atom. The minimum atomic E-state index is 0.0119. The van der Waals surface area contributed by atoms with Crippen molar-refractivity contribution in [1.82, 2.24) is 9.55 Å². The maximum absolute atomic E-state index is 11.9. The predicted molar refractivity (Wildman–Crippen MR) is 72.7 cm³/mol. The first kappa shape index (κ1) is 12.4. The smallest absolute Gasteiger partial charge is 0.253 e. The summed E-state index contributed by atoms with van der Waals surface area (Å²) < 4.78 is 1.65. The van der Waals surface area contributed by atoms with Crippen molar-refractivity contribution < 1.29 is 0 Å². The standard InChI is InChI=1S/C14H17N3O/c1-9-5-4-6-17(14(9)18)8-12-11(3)13(15)10(2)7-16-12/h4-7H,8H2,1-3H3,(H2,15,16). The third-order valence-corrected chi connectivity index (χ3v) is 3.21. The lowest BCUT2D eigenvalue weighted by Gasteiger charge is -2.11. The summed E-state index contributed by atoms with van der Waals surface area (Å²) in [5.41, 5.74) is 10.2. The number of anilines is 1. The van der Waals surface area contributed by atoms with Gasteiger partial charge in [-0.1, -0.05) is 6.07 Å². The molecule has 0 spiro atoms. The van der Waals surface area contributed by atoms with Crippen LogP contribution >= 0.6 is 0 Å². The minimum absolute atomic E-state index is 0.0119. The van der Waals surface area contributed by atoms with E-state index in [1.165, 1.54) is 0 Å². The first-order valence-corrected chi connectivity index (χ1v) is 5.87. The zero-order valence-electron chi connectivity index (χ0n) is 10.9. The molecule has 0 amide bonds. The van der Waals surface area contributed by atoms with E-state index in [1.54, 1.807) is 17.0 Å². The molecule has 0 saturated carbocycles. The molecule has 18 heavy (non-hydrogen) atoms. The zero-order chi connectivity index (χ0) is 13.3. The fraction of sp³-hybridized carbons (Fsp3) is 0.286. The predicted octanol–water partition coefficient (Wildman–Crippen LogP) is 1.80. The molecule has 0 aliphatic heterocycles. The van der Waals surface area contributed by atoms with E-state index in [0.717, 1.165) is 28.1 Å². The minimum Gasteiger partial charge on any atom is -0.398 e. The van der Waals surface area contributed by atoms with Gasteiger partial charge in [0.1, 0.15) is 0 Å². The van der Waals surface area contributed by atoms with Crippen LogP contribution in [0, 0.1) is 20.8 Å². The van der Waals surface area contributed by atoms with E-state index in [2.05, 4.69) is 4.98 Å². The highest BCUT2D eigenvalue weighted by molar-refractivity contribution is 5.53. The van der Waals surface area contributed by atoms with E-state index < -0.39 is 0 Å². The largest absolute Gasteiger partial charge is 0.398 e. The molecule has 0 saturated heterocycles. The second-order valence-electron chi connectivity index (χ2n) is 4.55. The number of nitrogens with zero attached hydrogens (tertiary/aromatic N) is 2. The van der Waals surface area contributed by atoms with E-state index in [1.807, 2.05) is 32.9 Å². The first-order valence-electron chi connectivity index (χ1n) is 5.87. The monoisotopic (exact) mass is 243 g/mol. The molecule has 0 atom stereocenters. The number of pyridine rings is 2. The molecule has 0 fully saturated rings. The molecule has 2 rings (SSSR count). The van der Waals surface area contributed by atoms with E-state index in [4.69, 9.17) is 5.73 Å². The fourth-order valence-electron chi connectivity index (χ4n) is 1.89. The molecule has 2 N–H and O–H groups in total. The van der Waals surface area contributed by atoms with Crippen molar-refractivity contribution in [3.05, 3.63) is 57.3 Å². The molecular formula is C14H17N3O. The summed E-state index contributed by atoms with van der Waals surface area (Å²) in [6.07, 6.45) is 3.52. The summed E-state index contributed by atoms with van der Waals surface area (Å²) in [5.74, 6) is 0. The molecule has 0 radical (unpaired) electrons. The van der Waals surface area contributed by atoms with E-state index in [9.17, 15) is 4.79 Å². The topological polar surface area (TPSA) is 60.9 Å². The van der Waals surface area contributed by atoms with Gasteiger partial charge >= 0.3 is 0 Å². The van der Waals surface area contributed by atoms with Crippen LogP contribution in [-0.4, -0.2) is 9.55 Å².